The average Bonchev–Trinajstić information content (AvgIpc) is 2.30. The fraction of sp³-hybridized carbons (Fsp3) is 0.471. The zero-order valence-electron chi connectivity index (χ0n) is 13.1. The van der Waals surface area contributed by atoms with E-state index in [-0.39, 0.29) is 0 Å². The van der Waals surface area contributed by atoms with Crippen molar-refractivity contribution in [3.8, 4) is 0 Å². The summed E-state index contributed by atoms with van der Waals surface area (Å²) in [4.78, 5) is 6.69. The summed E-state index contributed by atoms with van der Waals surface area (Å²) in [5.41, 5.74) is 6.10. The van der Waals surface area contributed by atoms with E-state index in [1.165, 1.54) is 22.3 Å². The van der Waals surface area contributed by atoms with E-state index < -0.39 is 0 Å². The molecule has 1 aromatic carbocycles. The molecule has 19 heavy (non-hydrogen) atoms. The molecule has 0 heterocycles. The van der Waals surface area contributed by atoms with Gasteiger partial charge in [0.25, 0.3) is 0 Å². The monoisotopic (exact) mass is 258 g/mol. The lowest BCUT2D eigenvalue weighted by Crippen LogP contribution is -2.24. The SMILES string of the molecule is C=C(C)Cc1cc(C)c(N=CN(C)C(C)C)cc1C. The summed E-state index contributed by atoms with van der Waals surface area (Å²) in [6.45, 7) is 14.6. The number of rotatable bonds is 5. The molecule has 104 valence electrons. The van der Waals surface area contributed by atoms with E-state index in [1.807, 2.05) is 13.4 Å². The Labute approximate surface area is 117 Å². The Bertz CT molecular complexity index is 484. The normalized spacial score (nSPS) is 11.3. The maximum Gasteiger partial charge on any atom is 0.0912 e. The van der Waals surface area contributed by atoms with Gasteiger partial charge in [-0.05, 0) is 63.8 Å². The molecule has 0 atom stereocenters. The van der Waals surface area contributed by atoms with Crippen LogP contribution in [0.25, 0.3) is 0 Å². The molecule has 0 bridgehead atoms. The van der Waals surface area contributed by atoms with Crippen LogP contribution in [0.15, 0.2) is 29.3 Å². The maximum absolute atomic E-state index is 4.59. The van der Waals surface area contributed by atoms with Gasteiger partial charge in [-0.15, -0.1) is 0 Å². The topological polar surface area (TPSA) is 15.6 Å². The van der Waals surface area contributed by atoms with Crippen LogP contribution in [0.5, 0.6) is 0 Å². The van der Waals surface area contributed by atoms with Gasteiger partial charge < -0.3 is 4.90 Å². The predicted molar refractivity (Wildman–Crippen MR) is 85.5 cm³/mol. The minimum Gasteiger partial charge on any atom is -0.363 e. The summed E-state index contributed by atoms with van der Waals surface area (Å²) >= 11 is 0. The molecule has 0 saturated heterocycles. The molecule has 0 spiro atoms. The van der Waals surface area contributed by atoms with E-state index in [4.69, 9.17) is 0 Å². The number of hydrogen-bond donors (Lipinski definition) is 0. The Hall–Kier alpha value is -1.57. The second-order valence-corrected chi connectivity index (χ2v) is 5.70. The van der Waals surface area contributed by atoms with Gasteiger partial charge in [0.15, 0.2) is 0 Å². The first-order chi connectivity index (χ1) is 8.81. The Morgan fingerprint density at radius 3 is 2.47 bits per heavy atom. The second-order valence-electron chi connectivity index (χ2n) is 5.70. The van der Waals surface area contributed by atoms with E-state index in [9.17, 15) is 0 Å². The zero-order chi connectivity index (χ0) is 14.6. The van der Waals surface area contributed by atoms with Crippen molar-refractivity contribution in [2.24, 2.45) is 4.99 Å². The van der Waals surface area contributed by atoms with Crippen LogP contribution in [0.4, 0.5) is 5.69 Å². The van der Waals surface area contributed by atoms with E-state index >= 15 is 0 Å². The fourth-order valence-corrected chi connectivity index (χ4v) is 1.80. The standard InChI is InChI=1S/C17H26N2/c1-12(2)8-16-9-15(6)17(10-14(16)5)18-11-19(7)13(3)4/h9-11,13H,1,8H2,2-7H3. The Balaban J connectivity index is 2.99. The van der Waals surface area contributed by atoms with Gasteiger partial charge in [0.1, 0.15) is 0 Å². The second kappa shape index (κ2) is 6.55. The molecule has 0 N–H and O–H groups in total. The van der Waals surface area contributed by atoms with Crippen LogP contribution in [0.3, 0.4) is 0 Å². The van der Waals surface area contributed by atoms with Gasteiger partial charge >= 0.3 is 0 Å². The van der Waals surface area contributed by atoms with E-state index in [0.29, 0.717) is 6.04 Å². The van der Waals surface area contributed by atoms with Gasteiger partial charge in [-0.2, -0.15) is 0 Å². The van der Waals surface area contributed by atoms with Crippen LogP contribution in [0, 0.1) is 13.8 Å². The number of nitrogens with zero attached hydrogens (tertiary/aromatic N) is 2. The molecule has 0 aliphatic rings. The summed E-state index contributed by atoms with van der Waals surface area (Å²) in [6.07, 6.45) is 2.85. The lowest BCUT2D eigenvalue weighted by molar-refractivity contribution is 0.429. The maximum atomic E-state index is 4.59. The van der Waals surface area contributed by atoms with Crippen molar-refractivity contribution < 1.29 is 0 Å². The fourth-order valence-electron chi connectivity index (χ4n) is 1.80. The number of allylic oxidation sites excluding steroid dienone is 1. The Morgan fingerprint density at radius 2 is 1.95 bits per heavy atom. The first-order valence-corrected chi connectivity index (χ1v) is 6.82. The minimum atomic E-state index is 0.466. The van der Waals surface area contributed by atoms with Crippen molar-refractivity contribution in [2.75, 3.05) is 7.05 Å². The Kier molecular flexibility index (Phi) is 5.34. The highest BCUT2D eigenvalue weighted by atomic mass is 15.1. The zero-order valence-corrected chi connectivity index (χ0v) is 13.1. The molecule has 0 amide bonds. The lowest BCUT2D eigenvalue weighted by atomic mass is 9.99. The number of hydrogen-bond acceptors (Lipinski definition) is 1. The molecule has 0 fully saturated rings. The van der Waals surface area contributed by atoms with Crippen molar-refractivity contribution in [1.29, 1.82) is 0 Å². The van der Waals surface area contributed by atoms with Crippen molar-refractivity contribution >= 4 is 12.0 Å². The minimum absolute atomic E-state index is 0.466. The van der Waals surface area contributed by atoms with Crippen molar-refractivity contribution in [1.82, 2.24) is 4.90 Å². The molecular formula is C17H26N2. The summed E-state index contributed by atoms with van der Waals surface area (Å²) in [5.74, 6) is 0. The predicted octanol–water partition coefficient (Wildman–Crippen LogP) is 4.42. The van der Waals surface area contributed by atoms with Crippen LogP contribution in [0.2, 0.25) is 0 Å². The van der Waals surface area contributed by atoms with Crippen LogP contribution in [-0.2, 0) is 6.42 Å². The highest BCUT2D eigenvalue weighted by Crippen LogP contribution is 2.24. The van der Waals surface area contributed by atoms with Gasteiger partial charge in [0.2, 0.25) is 0 Å². The molecule has 1 aromatic rings. The molecule has 1 rings (SSSR count). The van der Waals surface area contributed by atoms with Crippen molar-refractivity contribution in [3.05, 3.63) is 41.0 Å². The number of aryl methyl sites for hydroxylation is 2. The third kappa shape index (κ3) is 4.55. The summed E-state index contributed by atoms with van der Waals surface area (Å²) in [5, 5.41) is 0. The molecule has 0 saturated carbocycles. The lowest BCUT2D eigenvalue weighted by Gasteiger charge is -2.17. The van der Waals surface area contributed by atoms with Crippen LogP contribution < -0.4 is 0 Å². The molecule has 0 aliphatic heterocycles. The first kappa shape index (κ1) is 15.5. The molecule has 0 aliphatic carbocycles. The highest BCUT2D eigenvalue weighted by molar-refractivity contribution is 5.64. The van der Waals surface area contributed by atoms with Crippen LogP contribution in [-0.4, -0.2) is 24.3 Å². The number of aliphatic imine (C=N–C) groups is 1. The third-order valence-corrected chi connectivity index (χ3v) is 3.34. The molecule has 2 nitrogen and oxygen atoms in total. The van der Waals surface area contributed by atoms with E-state index in [1.54, 1.807) is 0 Å². The largest absolute Gasteiger partial charge is 0.363 e. The highest BCUT2D eigenvalue weighted by Gasteiger charge is 2.04. The van der Waals surface area contributed by atoms with Crippen LogP contribution in [0.1, 0.15) is 37.5 Å². The smallest absolute Gasteiger partial charge is 0.0912 e. The summed E-state index contributed by atoms with van der Waals surface area (Å²) in [7, 11) is 2.05. The average molecular weight is 258 g/mol. The van der Waals surface area contributed by atoms with Crippen molar-refractivity contribution in [3.63, 3.8) is 0 Å². The van der Waals surface area contributed by atoms with Gasteiger partial charge in [0, 0.05) is 13.1 Å². The van der Waals surface area contributed by atoms with E-state index in [2.05, 4.69) is 63.2 Å². The first-order valence-electron chi connectivity index (χ1n) is 6.82. The number of benzene rings is 1. The van der Waals surface area contributed by atoms with Gasteiger partial charge in [-0.25, -0.2) is 4.99 Å². The molecule has 0 radical (unpaired) electrons. The third-order valence-electron chi connectivity index (χ3n) is 3.34. The van der Waals surface area contributed by atoms with E-state index in [0.717, 1.165) is 12.1 Å². The molecule has 0 unspecified atom stereocenters. The summed E-state index contributed by atoms with van der Waals surface area (Å²) in [6, 6.07) is 4.86. The summed E-state index contributed by atoms with van der Waals surface area (Å²) < 4.78 is 0. The molecular weight excluding hydrogens is 232 g/mol. The molecule has 0 aromatic heterocycles. The Morgan fingerprint density at radius 1 is 1.32 bits per heavy atom. The quantitative estimate of drug-likeness (QED) is 0.433. The van der Waals surface area contributed by atoms with Gasteiger partial charge in [-0.1, -0.05) is 18.2 Å². The molecule has 2 heteroatoms. The van der Waals surface area contributed by atoms with Crippen LogP contribution >= 0.6 is 0 Å². The van der Waals surface area contributed by atoms with Gasteiger partial charge in [0.05, 0.1) is 12.0 Å². The van der Waals surface area contributed by atoms with Crippen molar-refractivity contribution in [2.45, 2.75) is 47.1 Å². The van der Waals surface area contributed by atoms with Gasteiger partial charge in [-0.3, -0.25) is 0 Å².